The van der Waals surface area contributed by atoms with Gasteiger partial charge in [-0.05, 0) is 12.0 Å². The van der Waals surface area contributed by atoms with Crippen molar-refractivity contribution in [3.8, 4) is 0 Å². The molecule has 0 radical (unpaired) electrons. The Morgan fingerprint density at radius 1 is 1.19 bits per heavy atom. The molecule has 2 rings (SSSR count). The predicted molar refractivity (Wildman–Crippen MR) is 64.1 cm³/mol. The Morgan fingerprint density at radius 3 is 2.44 bits per heavy atom. The van der Waals surface area contributed by atoms with Crippen molar-refractivity contribution in [2.24, 2.45) is 0 Å². The van der Waals surface area contributed by atoms with Gasteiger partial charge in [-0.1, -0.05) is 27.7 Å². The molecule has 0 fully saturated rings. The molecule has 3 heteroatoms. The van der Waals surface area contributed by atoms with Crippen molar-refractivity contribution in [1.82, 2.24) is 4.40 Å². The van der Waals surface area contributed by atoms with E-state index in [9.17, 15) is 4.79 Å². The highest BCUT2D eigenvalue weighted by Crippen LogP contribution is 2.23. The summed E-state index contributed by atoms with van der Waals surface area (Å²) in [5.74, 6) is 1.33. The molecule has 86 valence electrons. The van der Waals surface area contributed by atoms with Crippen LogP contribution in [0.15, 0.2) is 27.5 Å². The van der Waals surface area contributed by atoms with Gasteiger partial charge in [0.25, 0.3) is 5.56 Å². The van der Waals surface area contributed by atoms with Crippen molar-refractivity contribution in [3.63, 3.8) is 0 Å². The van der Waals surface area contributed by atoms with Gasteiger partial charge in [0.2, 0.25) is 5.71 Å². The van der Waals surface area contributed by atoms with E-state index in [4.69, 9.17) is 4.42 Å². The first-order valence-electron chi connectivity index (χ1n) is 5.65. The maximum atomic E-state index is 11.8. The van der Waals surface area contributed by atoms with Crippen molar-refractivity contribution in [2.75, 3.05) is 0 Å². The fourth-order valence-corrected chi connectivity index (χ4v) is 1.77. The van der Waals surface area contributed by atoms with Gasteiger partial charge in [0, 0.05) is 23.7 Å². The highest BCUT2D eigenvalue weighted by atomic mass is 16.3. The molecule has 3 nitrogen and oxygen atoms in total. The molecule has 2 aromatic heterocycles. The van der Waals surface area contributed by atoms with Gasteiger partial charge in [0.15, 0.2) is 0 Å². The highest BCUT2D eigenvalue weighted by molar-refractivity contribution is 5.47. The van der Waals surface area contributed by atoms with Crippen LogP contribution in [-0.2, 0) is 0 Å². The molecule has 0 saturated heterocycles. The highest BCUT2D eigenvalue weighted by Gasteiger charge is 2.13. The van der Waals surface area contributed by atoms with E-state index in [0.29, 0.717) is 11.6 Å². The van der Waals surface area contributed by atoms with E-state index >= 15 is 0 Å². The van der Waals surface area contributed by atoms with Crippen molar-refractivity contribution in [3.05, 3.63) is 40.0 Å². The first-order valence-corrected chi connectivity index (χ1v) is 5.65. The molecule has 0 unspecified atom stereocenters. The zero-order valence-corrected chi connectivity index (χ0v) is 10.2. The molecule has 0 N–H and O–H groups in total. The average Bonchev–Trinajstić information content (AvgIpc) is 2.61. The molecule has 0 amide bonds. The molecule has 2 heterocycles. The first kappa shape index (κ1) is 11.0. The predicted octanol–water partition coefficient (Wildman–Crippen LogP) is 3.14. The number of fused-ring (bicyclic) bond motifs is 1. The van der Waals surface area contributed by atoms with Crippen LogP contribution in [0.3, 0.4) is 0 Å². The van der Waals surface area contributed by atoms with Crippen molar-refractivity contribution in [1.29, 1.82) is 0 Å². The van der Waals surface area contributed by atoms with Crippen LogP contribution >= 0.6 is 0 Å². The zero-order valence-electron chi connectivity index (χ0n) is 10.2. The summed E-state index contributed by atoms with van der Waals surface area (Å²) >= 11 is 0. The minimum Gasteiger partial charge on any atom is -0.444 e. The Morgan fingerprint density at radius 2 is 1.88 bits per heavy atom. The standard InChI is InChI=1S/C13H17NO2/c1-8(2)10-5-6-14-12(15)7-11(9(3)4)16-13(10)14/h5-9H,1-4H3. The van der Waals surface area contributed by atoms with Crippen LogP contribution in [-0.4, -0.2) is 4.40 Å². The molecule has 0 aliphatic carbocycles. The Labute approximate surface area is 94.7 Å². The number of aromatic nitrogens is 1. The maximum absolute atomic E-state index is 11.8. The third kappa shape index (κ3) is 1.66. The summed E-state index contributed by atoms with van der Waals surface area (Å²) in [5, 5.41) is 0. The van der Waals surface area contributed by atoms with Crippen molar-refractivity contribution < 1.29 is 4.42 Å². The lowest BCUT2D eigenvalue weighted by Gasteiger charge is -2.07. The number of hydrogen-bond donors (Lipinski definition) is 0. The Balaban J connectivity index is 2.76. The summed E-state index contributed by atoms with van der Waals surface area (Å²) in [5.41, 5.74) is 1.75. The van der Waals surface area contributed by atoms with Crippen LogP contribution in [0.25, 0.3) is 5.71 Å². The Hall–Kier alpha value is -1.51. The second kappa shape index (κ2) is 3.81. The summed E-state index contributed by atoms with van der Waals surface area (Å²) < 4.78 is 7.37. The normalized spacial score (nSPS) is 11.9. The van der Waals surface area contributed by atoms with Gasteiger partial charge in [0.1, 0.15) is 5.76 Å². The van der Waals surface area contributed by atoms with E-state index < -0.39 is 0 Å². The van der Waals surface area contributed by atoms with E-state index in [-0.39, 0.29) is 11.5 Å². The molecule has 0 bridgehead atoms. The van der Waals surface area contributed by atoms with Crippen LogP contribution in [0, 0.1) is 0 Å². The quantitative estimate of drug-likeness (QED) is 0.777. The summed E-state index contributed by atoms with van der Waals surface area (Å²) in [6.45, 7) is 8.23. The largest absolute Gasteiger partial charge is 0.444 e. The van der Waals surface area contributed by atoms with Gasteiger partial charge in [-0.15, -0.1) is 0 Å². The molecule has 16 heavy (non-hydrogen) atoms. The number of hydrogen-bond acceptors (Lipinski definition) is 2. The van der Waals surface area contributed by atoms with Gasteiger partial charge in [0.05, 0.1) is 0 Å². The van der Waals surface area contributed by atoms with E-state index in [1.165, 1.54) is 0 Å². The van der Waals surface area contributed by atoms with Crippen LogP contribution in [0.5, 0.6) is 0 Å². The lowest BCUT2D eigenvalue weighted by Crippen LogP contribution is -2.12. The van der Waals surface area contributed by atoms with Gasteiger partial charge >= 0.3 is 0 Å². The number of nitrogens with zero attached hydrogens (tertiary/aromatic N) is 1. The molecule has 0 atom stereocenters. The van der Waals surface area contributed by atoms with Crippen LogP contribution in [0.2, 0.25) is 0 Å². The summed E-state index contributed by atoms with van der Waals surface area (Å²) in [6, 6.07) is 3.52. The van der Waals surface area contributed by atoms with Crippen molar-refractivity contribution in [2.45, 2.75) is 39.5 Å². The minimum atomic E-state index is -0.0168. The summed E-state index contributed by atoms with van der Waals surface area (Å²) in [6.07, 6.45) is 1.78. The lowest BCUT2D eigenvalue weighted by atomic mass is 10.1. The molecule has 0 spiro atoms. The molecule has 0 saturated carbocycles. The van der Waals surface area contributed by atoms with E-state index in [0.717, 1.165) is 11.3 Å². The fourth-order valence-electron chi connectivity index (χ4n) is 1.77. The monoisotopic (exact) mass is 219 g/mol. The molecule has 0 aliphatic rings. The Kier molecular flexibility index (Phi) is 2.62. The molecule has 0 aromatic carbocycles. The summed E-state index contributed by atoms with van der Waals surface area (Å²) in [7, 11) is 0. The van der Waals surface area contributed by atoms with E-state index in [2.05, 4.69) is 13.8 Å². The smallest absolute Gasteiger partial charge is 0.260 e. The van der Waals surface area contributed by atoms with Crippen LogP contribution < -0.4 is 5.56 Å². The second-order valence-electron chi connectivity index (χ2n) is 4.74. The SMILES string of the molecule is CC(C)c1cc(=O)n2ccc(C(C)C)c2o1. The lowest BCUT2D eigenvalue weighted by molar-refractivity contribution is 0.484. The van der Waals surface area contributed by atoms with Gasteiger partial charge < -0.3 is 4.42 Å². The zero-order chi connectivity index (χ0) is 11.9. The molecular weight excluding hydrogens is 202 g/mol. The topological polar surface area (TPSA) is 34.6 Å². The molecular formula is C13H17NO2. The maximum Gasteiger partial charge on any atom is 0.260 e. The molecule has 2 aromatic rings. The fraction of sp³-hybridized carbons (Fsp3) is 0.462. The third-order valence-electron chi connectivity index (χ3n) is 2.78. The minimum absolute atomic E-state index is 0.0168. The van der Waals surface area contributed by atoms with Crippen molar-refractivity contribution >= 4 is 5.71 Å². The van der Waals surface area contributed by atoms with E-state index in [1.54, 1.807) is 16.7 Å². The van der Waals surface area contributed by atoms with Crippen LogP contribution in [0.1, 0.15) is 50.9 Å². The van der Waals surface area contributed by atoms with Gasteiger partial charge in [-0.2, -0.15) is 0 Å². The average molecular weight is 219 g/mol. The van der Waals surface area contributed by atoms with E-state index in [1.807, 2.05) is 19.9 Å². The molecule has 0 aliphatic heterocycles. The Bertz CT molecular complexity index is 561. The third-order valence-corrected chi connectivity index (χ3v) is 2.78. The number of rotatable bonds is 2. The van der Waals surface area contributed by atoms with Gasteiger partial charge in [-0.3, -0.25) is 9.20 Å². The van der Waals surface area contributed by atoms with Crippen LogP contribution in [0.4, 0.5) is 0 Å². The summed E-state index contributed by atoms with van der Waals surface area (Å²) in [4.78, 5) is 11.8. The first-order chi connectivity index (χ1) is 7.50. The van der Waals surface area contributed by atoms with Gasteiger partial charge in [-0.25, -0.2) is 0 Å². The second-order valence-corrected chi connectivity index (χ2v) is 4.74.